The summed E-state index contributed by atoms with van der Waals surface area (Å²) in [6, 6.07) is 15.1. The van der Waals surface area contributed by atoms with Crippen LogP contribution >= 0.6 is 11.6 Å². The van der Waals surface area contributed by atoms with Crippen LogP contribution in [0.25, 0.3) is 11.3 Å². The summed E-state index contributed by atoms with van der Waals surface area (Å²) in [5.74, 6) is 1.31. The van der Waals surface area contributed by atoms with Crippen LogP contribution < -0.4 is 14.4 Å². The Bertz CT molecular complexity index is 1090. The topological polar surface area (TPSA) is 59.8 Å². The number of nitrogens with zero attached hydrogens (tertiary/aromatic N) is 4. The number of ether oxygens (including phenoxy) is 2. The lowest BCUT2D eigenvalue weighted by molar-refractivity contribution is 0.0735. The Morgan fingerprint density at radius 3 is 2.42 bits per heavy atom. The van der Waals surface area contributed by atoms with Gasteiger partial charge in [0.15, 0.2) is 0 Å². The highest BCUT2D eigenvalue weighted by atomic mass is 35.5. The Labute approximate surface area is 186 Å². The molecule has 1 fully saturated rings. The average molecular weight is 441 g/mol. The number of aryl methyl sites for hydroxylation is 1. The normalized spacial score (nSPS) is 13.9. The quantitative estimate of drug-likeness (QED) is 0.605. The van der Waals surface area contributed by atoms with Crippen LogP contribution in [-0.4, -0.2) is 61.0 Å². The SMILES string of the molecule is COc1ccc(-c2cc(C(=O)N3CCN(c4ccccc4Cl)CC3)n(C)n2)c(OC)c1. The van der Waals surface area contributed by atoms with Crippen LogP contribution in [0.5, 0.6) is 11.5 Å². The molecule has 1 aliphatic heterocycles. The maximum Gasteiger partial charge on any atom is 0.272 e. The molecular weight excluding hydrogens is 416 g/mol. The molecule has 0 N–H and O–H groups in total. The molecule has 1 saturated heterocycles. The predicted molar refractivity (Wildman–Crippen MR) is 121 cm³/mol. The average Bonchev–Trinajstić information content (AvgIpc) is 3.19. The summed E-state index contributed by atoms with van der Waals surface area (Å²) >= 11 is 6.33. The van der Waals surface area contributed by atoms with Crippen LogP contribution in [0.2, 0.25) is 5.02 Å². The molecule has 3 aromatic rings. The first-order valence-electron chi connectivity index (χ1n) is 10.1. The third kappa shape index (κ3) is 4.18. The van der Waals surface area contributed by atoms with E-state index in [1.165, 1.54) is 0 Å². The Kier molecular flexibility index (Phi) is 6.04. The number of para-hydroxylation sites is 1. The van der Waals surface area contributed by atoms with Gasteiger partial charge in [-0.25, -0.2) is 0 Å². The number of hydrogen-bond acceptors (Lipinski definition) is 5. The number of halogens is 1. The van der Waals surface area contributed by atoms with Gasteiger partial charge in [0.1, 0.15) is 17.2 Å². The molecule has 0 bridgehead atoms. The van der Waals surface area contributed by atoms with Crippen molar-refractivity contribution in [2.75, 3.05) is 45.3 Å². The summed E-state index contributed by atoms with van der Waals surface area (Å²) in [5, 5.41) is 5.28. The fourth-order valence-electron chi connectivity index (χ4n) is 3.83. The Balaban J connectivity index is 1.51. The molecular formula is C23H25ClN4O3. The van der Waals surface area contributed by atoms with Gasteiger partial charge < -0.3 is 19.3 Å². The zero-order chi connectivity index (χ0) is 22.0. The molecule has 1 aliphatic rings. The number of rotatable bonds is 5. The van der Waals surface area contributed by atoms with Crippen molar-refractivity contribution in [1.29, 1.82) is 0 Å². The lowest BCUT2D eigenvalue weighted by atomic mass is 10.1. The van der Waals surface area contributed by atoms with Crippen molar-refractivity contribution in [2.45, 2.75) is 0 Å². The van der Waals surface area contributed by atoms with E-state index in [0.29, 0.717) is 36.0 Å². The molecule has 0 spiro atoms. The summed E-state index contributed by atoms with van der Waals surface area (Å²) in [7, 11) is 5.00. The second-order valence-corrected chi connectivity index (χ2v) is 7.74. The van der Waals surface area contributed by atoms with E-state index in [1.54, 1.807) is 32.0 Å². The van der Waals surface area contributed by atoms with E-state index in [4.69, 9.17) is 21.1 Å². The summed E-state index contributed by atoms with van der Waals surface area (Å²) < 4.78 is 12.4. The van der Waals surface area contributed by atoms with Crippen LogP contribution in [0, 0.1) is 0 Å². The van der Waals surface area contributed by atoms with E-state index >= 15 is 0 Å². The highest BCUT2D eigenvalue weighted by molar-refractivity contribution is 6.33. The van der Waals surface area contributed by atoms with Crippen molar-refractivity contribution in [3.05, 3.63) is 59.2 Å². The van der Waals surface area contributed by atoms with Crippen molar-refractivity contribution in [3.8, 4) is 22.8 Å². The minimum atomic E-state index is -0.0347. The van der Waals surface area contributed by atoms with Gasteiger partial charge in [-0.05, 0) is 30.3 Å². The number of piperazine rings is 1. The van der Waals surface area contributed by atoms with Crippen molar-refractivity contribution in [2.24, 2.45) is 7.05 Å². The predicted octanol–water partition coefficient (Wildman–Crippen LogP) is 3.72. The first-order chi connectivity index (χ1) is 15.0. The van der Waals surface area contributed by atoms with Crippen LogP contribution in [0.15, 0.2) is 48.5 Å². The maximum absolute atomic E-state index is 13.2. The Morgan fingerprint density at radius 2 is 1.74 bits per heavy atom. The number of carbonyl (C=O) groups excluding carboxylic acids is 1. The fourth-order valence-corrected chi connectivity index (χ4v) is 4.09. The van der Waals surface area contributed by atoms with E-state index in [2.05, 4.69) is 10.00 Å². The van der Waals surface area contributed by atoms with Crippen molar-refractivity contribution < 1.29 is 14.3 Å². The molecule has 31 heavy (non-hydrogen) atoms. The number of benzene rings is 2. The second-order valence-electron chi connectivity index (χ2n) is 7.34. The molecule has 8 heteroatoms. The number of hydrogen-bond donors (Lipinski definition) is 0. The minimum absolute atomic E-state index is 0.0347. The van der Waals surface area contributed by atoms with Crippen LogP contribution in [-0.2, 0) is 7.05 Å². The van der Waals surface area contributed by atoms with E-state index in [0.717, 1.165) is 29.4 Å². The summed E-state index contributed by atoms with van der Waals surface area (Å²) in [6.45, 7) is 2.70. The van der Waals surface area contributed by atoms with Gasteiger partial charge >= 0.3 is 0 Å². The smallest absolute Gasteiger partial charge is 0.272 e. The van der Waals surface area contributed by atoms with E-state index in [9.17, 15) is 4.79 Å². The van der Waals surface area contributed by atoms with Gasteiger partial charge in [-0.3, -0.25) is 9.48 Å². The molecule has 0 unspecified atom stereocenters. The van der Waals surface area contributed by atoms with Crippen LogP contribution in [0.1, 0.15) is 10.5 Å². The number of aromatic nitrogens is 2. The molecule has 4 rings (SSSR count). The van der Waals surface area contributed by atoms with Crippen LogP contribution in [0.4, 0.5) is 5.69 Å². The van der Waals surface area contributed by atoms with E-state index in [1.807, 2.05) is 47.4 Å². The monoisotopic (exact) mass is 440 g/mol. The molecule has 1 aromatic heterocycles. The molecule has 0 radical (unpaired) electrons. The van der Waals surface area contributed by atoms with Crippen molar-refractivity contribution in [3.63, 3.8) is 0 Å². The highest BCUT2D eigenvalue weighted by Gasteiger charge is 2.26. The zero-order valence-corrected chi connectivity index (χ0v) is 18.6. The fraction of sp³-hybridized carbons (Fsp3) is 0.304. The molecule has 162 valence electrons. The van der Waals surface area contributed by atoms with Gasteiger partial charge in [-0.15, -0.1) is 0 Å². The molecule has 0 atom stereocenters. The molecule has 7 nitrogen and oxygen atoms in total. The third-order valence-corrected chi connectivity index (χ3v) is 5.86. The third-order valence-electron chi connectivity index (χ3n) is 5.54. The van der Waals surface area contributed by atoms with Gasteiger partial charge in [0.2, 0.25) is 0 Å². The van der Waals surface area contributed by atoms with Gasteiger partial charge in [-0.1, -0.05) is 23.7 Å². The second kappa shape index (κ2) is 8.89. The lowest BCUT2D eigenvalue weighted by Gasteiger charge is -2.36. The summed E-state index contributed by atoms with van der Waals surface area (Å²) in [4.78, 5) is 17.3. The molecule has 0 aliphatic carbocycles. The van der Waals surface area contributed by atoms with Gasteiger partial charge in [0.05, 0.1) is 30.6 Å². The van der Waals surface area contributed by atoms with Gasteiger partial charge in [-0.2, -0.15) is 5.10 Å². The number of anilines is 1. The van der Waals surface area contributed by atoms with Gasteiger partial charge in [0.25, 0.3) is 5.91 Å². The molecule has 2 heterocycles. The Morgan fingerprint density at radius 1 is 1.00 bits per heavy atom. The zero-order valence-electron chi connectivity index (χ0n) is 17.8. The van der Waals surface area contributed by atoms with Crippen LogP contribution in [0.3, 0.4) is 0 Å². The van der Waals surface area contributed by atoms with E-state index < -0.39 is 0 Å². The molecule has 1 amide bonds. The molecule has 0 saturated carbocycles. The number of methoxy groups -OCH3 is 2. The summed E-state index contributed by atoms with van der Waals surface area (Å²) in [6.07, 6.45) is 0. The Hall–Kier alpha value is -3.19. The standard InChI is InChI=1S/C23H25ClN4O3/c1-26-21(15-19(25-26)17-9-8-16(30-2)14-22(17)31-3)23(29)28-12-10-27(11-13-28)20-7-5-4-6-18(20)24/h4-9,14-15H,10-13H2,1-3H3. The molecule has 2 aromatic carbocycles. The largest absolute Gasteiger partial charge is 0.497 e. The first kappa shape index (κ1) is 21.1. The lowest BCUT2D eigenvalue weighted by Crippen LogP contribution is -2.49. The van der Waals surface area contributed by atoms with Crippen molar-refractivity contribution in [1.82, 2.24) is 14.7 Å². The highest BCUT2D eigenvalue weighted by Crippen LogP contribution is 2.33. The van der Waals surface area contributed by atoms with Crippen molar-refractivity contribution >= 4 is 23.2 Å². The maximum atomic E-state index is 13.2. The van der Waals surface area contributed by atoms with E-state index in [-0.39, 0.29) is 5.91 Å². The number of amides is 1. The minimum Gasteiger partial charge on any atom is -0.497 e. The first-order valence-corrected chi connectivity index (χ1v) is 10.4. The number of carbonyl (C=O) groups is 1. The van der Waals surface area contributed by atoms with Gasteiger partial charge in [0, 0.05) is 44.9 Å². The summed E-state index contributed by atoms with van der Waals surface area (Å²) in [5.41, 5.74) is 3.03.